The molecule has 2 rings (SSSR count). The number of hydrogen-bond donors (Lipinski definition) is 1. The van der Waals surface area contributed by atoms with E-state index < -0.39 is 0 Å². The van der Waals surface area contributed by atoms with Crippen LogP contribution in [0.4, 0.5) is 0 Å². The molecule has 4 heteroatoms. The van der Waals surface area contributed by atoms with E-state index in [0.717, 1.165) is 11.3 Å². The van der Waals surface area contributed by atoms with E-state index >= 15 is 0 Å². The predicted octanol–water partition coefficient (Wildman–Crippen LogP) is 1.75. The number of rotatable bonds is 2. The quantitative estimate of drug-likeness (QED) is 0.832. The number of methoxy groups -OCH3 is 1. The molecule has 0 radical (unpaired) electrons. The fraction of sp³-hybridized carbons (Fsp3) is 0.167. The van der Waals surface area contributed by atoms with Gasteiger partial charge in [0.05, 0.1) is 7.11 Å². The van der Waals surface area contributed by atoms with Crippen LogP contribution in [0.3, 0.4) is 0 Å². The number of H-pyrrole nitrogens is 1. The Morgan fingerprint density at radius 1 is 1.38 bits per heavy atom. The van der Waals surface area contributed by atoms with E-state index in [2.05, 4.69) is 9.97 Å². The minimum Gasteiger partial charge on any atom is -0.497 e. The van der Waals surface area contributed by atoms with Crippen LogP contribution < -0.4 is 10.3 Å². The van der Waals surface area contributed by atoms with Gasteiger partial charge in [0.25, 0.3) is 5.56 Å². The molecule has 0 spiro atoms. The van der Waals surface area contributed by atoms with Gasteiger partial charge < -0.3 is 9.72 Å². The van der Waals surface area contributed by atoms with Crippen molar-refractivity contribution in [1.29, 1.82) is 0 Å². The summed E-state index contributed by atoms with van der Waals surface area (Å²) in [4.78, 5) is 18.5. The second-order valence-electron chi connectivity index (χ2n) is 3.48. The summed E-state index contributed by atoms with van der Waals surface area (Å²) in [5.74, 6) is 0.708. The molecular weight excluding hydrogens is 204 g/mol. The number of aromatic nitrogens is 2. The number of hydrogen-bond acceptors (Lipinski definition) is 3. The first-order valence-electron chi connectivity index (χ1n) is 4.91. The maximum atomic E-state index is 11.7. The van der Waals surface area contributed by atoms with Crippen molar-refractivity contribution >= 4 is 0 Å². The number of nitrogens with zero attached hydrogens (tertiary/aromatic N) is 1. The maximum absolute atomic E-state index is 11.7. The zero-order chi connectivity index (χ0) is 11.5. The predicted molar refractivity (Wildman–Crippen MR) is 61.6 cm³/mol. The van der Waals surface area contributed by atoms with Gasteiger partial charge in [0.15, 0.2) is 0 Å². The van der Waals surface area contributed by atoms with Crippen molar-refractivity contribution in [2.24, 2.45) is 0 Å². The minimum absolute atomic E-state index is 0.187. The van der Waals surface area contributed by atoms with E-state index in [1.54, 1.807) is 26.3 Å². The molecule has 0 bridgehead atoms. The third-order valence-corrected chi connectivity index (χ3v) is 2.26. The van der Waals surface area contributed by atoms with Crippen LogP contribution in [0, 0.1) is 6.92 Å². The van der Waals surface area contributed by atoms with Crippen LogP contribution >= 0.6 is 0 Å². The lowest BCUT2D eigenvalue weighted by Gasteiger charge is -2.03. The third-order valence-electron chi connectivity index (χ3n) is 2.26. The van der Waals surface area contributed by atoms with E-state index in [-0.39, 0.29) is 5.56 Å². The zero-order valence-electron chi connectivity index (χ0n) is 9.15. The first-order chi connectivity index (χ1) is 7.70. The largest absolute Gasteiger partial charge is 0.497 e. The fourth-order valence-electron chi connectivity index (χ4n) is 1.47. The van der Waals surface area contributed by atoms with Gasteiger partial charge in [-0.2, -0.15) is 0 Å². The van der Waals surface area contributed by atoms with E-state index in [0.29, 0.717) is 11.4 Å². The van der Waals surface area contributed by atoms with E-state index in [1.807, 2.05) is 18.2 Å². The Balaban J connectivity index is 2.54. The Hall–Kier alpha value is -2.10. The first kappa shape index (κ1) is 10.4. The van der Waals surface area contributed by atoms with Crippen molar-refractivity contribution in [1.82, 2.24) is 9.97 Å². The van der Waals surface area contributed by atoms with Crippen molar-refractivity contribution in [2.45, 2.75) is 6.92 Å². The first-order valence-corrected chi connectivity index (χ1v) is 4.91. The second kappa shape index (κ2) is 4.18. The highest BCUT2D eigenvalue weighted by Crippen LogP contribution is 2.19. The molecule has 0 unspecified atom stereocenters. The van der Waals surface area contributed by atoms with E-state index in [1.165, 1.54) is 0 Å². The SMILES string of the molecule is COc1cccc(-c2ncc(C)[nH]c2=O)c1. The summed E-state index contributed by atoms with van der Waals surface area (Å²) < 4.78 is 5.10. The van der Waals surface area contributed by atoms with Gasteiger partial charge in [-0.25, -0.2) is 4.98 Å². The monoisotopic (exact) mass is 216 g/mol. The molecule has 1 heterocycles. The van der Waals surface area contributed by atoms with Gasteiger partial charge in [-0.1, -0.05) is 12.1 Å². The van der Waals surface area contributed by atoms with Crippen LogP contribution in [0.15, 0.2) is 35.3 Å². The topological polar surface area (TPSA) is 55.0 Å². The van der Waals surface area contributed by atoms with Crippen LogP contribution in [0.25, 0.3) is 11.3 Å². The van der Waals surface area contributed by atoms with Crippen molar-refractivity contribution in [2.75, 3.05) is 7.11 Å². The zero-order valence-corrected chi connectivity index (χ0v) is 9.15. The molecule has 0 fully saturated rings. The van der Waals surface area contributed by atoms with Crippen LogP contribution in [-0.4, -0.2) is 17.1 Å². The highest BCUT2D eigenvalue weighted by molar-refractivity contribution is 5.60. The molecule has 1 N–H and O–H groups in total. The van der Waals surface area contributed by atoms with E-state index in [9.17, 15) is 4.79 Å². The van der Waals surface area contributed by atoms with Gasteiger partial charge in [-0.3, -0.25) is 4.79 Å². The number of aryl methyl sites for hydroxylation is 1. The Kier molecular flexibility index (Phi) is 2.72. The Morgan fingerprint density at radius 3 is 2.88 bits per heavy atom. The van der Waals surface area contributed by atoms with Gasteiger partial charge >= 0.3 is 0 Å². The molecule has 16 heavy (non-hydrogen) atoms. The summed E-state index contributed by atoms with van der Waals surface area (Å²) in [6.07, 6.45) is 1.64. The molecule has 0 amide bonds. The van der Waals surface area contributed by atoms with Gasteiger partial charge in [0.2, 0.25) is 0 Å². The number of benzene rings is 1. The molecule has 0 aliphatic carbocycles. The average molecular weight is 216 g/mol. The highest BCUT2D eigenvalue weighted by Gasteiger charge is 2.05. The molecule has 0 aliphatic heterocycles. The van der Waals surface area contributed by atoms with Crippen molar-refractivity contribution < 1.29 is 4.74 Å². The van der Waals surface area contributed by atoms with Crippen LogP contribution in [0.2, 0.25) is 0 Å². The summed E-state index contributed by atoms with van der Waals surface area (Å²) in [6, 6.07) is 7.27. The fourth-order valence-corrected chi connectivity index (χ4v) is 1.47. The van der Waals surface area contributed by atoms with Gasteiger partial charge in [-0.15, -0.1) is 0 Å². The Labute approximate surface area is 92.9 Å². The number of nitrogens with one attached hydrogen (secondary N) is 1. The lowest BCUT2D eigenvalue weighted by atomic mass is 10.1. The molecule has 4 nitrogen and oxygen atoms in total. The third kappa shape index (κ3) is 1.95. The van der Waals surface area contributed by atoms with Crippen LogP contribution in [0.1, 0.15) is 5.69 Å². The molecular formula is C12H12N2O2. The standard InChI is InChI=1S/C12H12N2O2/c1-8-7-13-11(12(15)14-8)9-4-3-5-10(6-9)16-2/h3-7H,1-2H3,(H,14,15). The lowest BCUT2D eigenvalue weighted by molar-refractivity contribution is 0.415. The van der Waals surface area contributed by atoms with Crippen molar-refractivity contribution in [3.63, 3.8) is 0 Å². The normalized spacial score (nSPS) is 10.1. The molecule has 82 valence electrons. The van der Waals surface area contributed by atoms with Gasteiger partial charge in [-0.05, 0) is 19.1 Å². The summed E-state index contributed by atoms with van der Waals surface area (Å²) in [6.45, 7) is 1.80. The summed E-state index contributed by atoms with van der Waals surface area (Å²) in [7, 11) is 1.59. The number of ether oxygens (including phenoxy) is 1. The molecule has 1 aromatic carbocycles. The second-order valence-corrected chi connectivity index (χ2v) is 3.48. The van der Waals surface area contributed by atoms with Gasteiger partial charge in [0, 0.05) is 17.5 Å². The molecule has 0 atom stereocenters. The lowest BCUT2D eigenvalue weighted by Crippen LogP contribution is -2.11. The van der Waals surface area contributed by atoms with Crippen LogP contribution in [-0.2, 0) is 0 Å². The minimum atomic E-state index is -0.187. The van der Waals surface area contributed by atoms with Gasteiger partial charge in [0.1, 0.15) is 11.4 Å². The smallest absolute Gasteiger partial charge is 0.274 e. The van der Waals surface area contributed by atoms with Crippen molar-refractivity contribution in [3.05, 3.63) is 46.5 Å². The Bertz CT molecular complexity index is 561. The number of aromatic amines is 1. The maximum Gasteiger partial charge on any atom is 0.274 e. The molecule has 2 aromatic rings. The molecule has 0 saturated heterocycles. The highest BCUT2D eigenvalue weighted by atomic mass is 16.5. The molecule has 1 aromatic heterocycles. The summed E-state index contributed by atoms with van der Waals surface area (Å²) in [5, 5.41) is 0. The van der Waals surface area contributed by atoms with Crippen molar-refractivity contribution in [3.8, 4) is 17.0 Å². The summed E-state index contributed by atoms with van der Waals surface area (Å²) in [5.41, 5.74) is 1.72. The van der Waals surface area contributed by atoms with Crippen LogP contribution in [0.5, 0.6) is 5.75 Å². The molecule has 0 aliphatic rings. The molecule has 0 saturated carbocycles. The Morgan fingerprint density at radius 2 is 2.19 bits per heavy atom. The summed E-state index contributed by atoms with van der Waals surface area (Å²) >= 11 is 0. The van der Waals surface area contributed by atoms with E-state index in [4.69, 9.17) is 4.74 Å². The average Bonchev–Trinajstić information content (AvgIpc) is 2.29.